The third-order valence-corrected chi connectivity index (χ3v) is 6.50. The van der Waals surface area contributed by atoms with Crippen molar-refractivity contribution in [1.29, 1.82) is 0 Å². The lowest BCUT2D eigenvalue weighted by atomic mass is 10.1. The molecule has 1 amide bonds. The van der Waals surface area contributed by atoms with Gasteiger partial charge in [-0.2, -0.15) is 0 Å². The largest absolute Gasteiger partial charge is 0.309 e. The zero-order valence-electron chi connectivity index (χ0n) is 15.8. The van der Waals surface area contributed by atoms with Crippen molar-refractivity contribution in [2.75, 3.05) is 32.1 Å². The van der Waals surface area contributed by atoms with Gasteiger partial charge in [-0.25, -0.2) is 4.98 Å². The number of halogens is 2. The van der Waals surface area contributed by atoms with Gasteiger partial charge in [0.05, 0.1) is 19.4 Å². The molecule has 3 rings (SSSR count). The minimum absolute atomic E-state index is 0. The van der Waals surface area contributed by atoms with Crippen LogP contribution in [0.2, 0.25) is 4.34 Å². The molecule has 0 aliphatic heterocycles. The average molecular weight is 444 g/mol. The molecule has 0 unspecified atom stereocenters. The quantitative estimate of drug-likeness (QED) is 0.493. The predicted molar refractivity (Wildman–Crippen MR) is 121 cm³/mol. The van der Waals surface area contributed by atoms with Crippen molar-refractivity contribution in [3.8, 4) is 0 Å². The lowest BCUT2D eigenvalue weighted by molar-refractivity contribution is 0.0990. The molecule has 27 heavy (non-hydrogen) atoms. The molecule has 8 heteroatoms. The van der Waals surface area contributed by atoms with Crippen molar-refractivity contribution in [2.45, 2.75) is 20.3 Å². The highest BCUT2D eigenvalue weighted by Crippen LogP contribution is 2.33. The van der Waals surface area contributed by atoms with Gasteiger partial charge < -0.3 is 4.90 Å². The maximum absolute atomic E-state index is 13.1. The predicted octanol–water partition coefficient (Wildman–Crippen LogP) is 5.65. The van der Waals surface area contributed by atoms with E-state index in [1.807, 2.05) is 14.1 Å². The van der Waals surface area contributed by atoms with E-state index in [1.54, 1.807) is 28.4 Å². The number of hydrogen-bond acceptors (Lipinski definition) is 5. The summed E-state index contributed by atoms with van der Waals surface area (Å²) in [7, 11) is 4.07. The maximum Gasteiger partial charge on any atom is 0.270 e. The molecule has 0 atom stereocenters. The first-order valence-electron chi connectivity index (χ1n) is 8.45. The summed E-state index contributed by atoms with van der Waals surface area (Å²) < 4.78 is 1.73. The molecule has 0 radical (unpaired) electrons. The summed E-state index contributed by atoms with van der Waals surface area (Å²) in [6.45, 7) is 5.73. The molecule has 2 heterocycles. The Morgan fingerprint density at radius 3 is 2.44 bits per heavy atom. The second-order valence-electron chi connectivity index (χ2n) is 6.62. The van der Waals surface area contributed by atoms with Gasteiger partial charge >= 0.3 is 0 Å². The summed E-state index contributed by atoms with van der Waals surface area (Å²) in [5.74, 6) is -0.0341. The van der Waals surface area contributed by atoms with Crippen molar-refractivity contribution in [3.05, 3.63) is 44.6 Å². The van der Waals surface area contributed by atoms with E-state index < -0.39 is 0 Å². The number of aryl methyl sites for hydroxylation is 2. The van der Waals surface area contributed by atoms with E-state index in [0.29, 0.717) is 15.8 Å². The van der Waals surface area contributed by atoms with Crippen LogP contribution in [-0.4, -0.2) is 43.0 Å². The lowest BCUT2D eigenvalue weighted by Gasteiger charge is -2.20. The highest BCUT2D eigenvalue weighted by Gasteiger charge is 2.22. The summed E-state index contributed by atoms with van der Waals surface area (Å²) in [6, 6.07) is 7.80. The van der Waals surface area contributed by atoms with Gasteiger partial charge in [-0.3, -0.25) is 9.69 Å². The highest BCUT2D eigenvalue weighted by atomic mass is 35.5. The minimum atomic E-state index is -0.0341. The molecule has 4 nitrogen and oxygen atoms in total. The molecule has 0 saturated heterocycles. The van der Waals surface area contributed by atoms with Crippen LogP contribution in [0.5, 0.6) is 0 Å². The van der Waals surface area contributed by atoms with Crippen LogP contribution in [0.1, 0.15) is 27.2 Å². The average Bonchev–Trinajstić information content (AvgIpc) is 3.17. The summed E-state index contributed by atoms with van der Waals surface area (Å²) in [5, 5.41) is 0.748. The first-order chi connectivity index (χ1) is 12.3. The molecule has 0 spiro atoms. The maximum atomic E-state index is 13.1. The second kappa shape index (κ2) is 9.34. The second-order valence-corrected chi connectivity index (χ2v) is 9.34. The van der Waals surface area contributed by atoms with E-state index in [0.717, 1.165) is 28.3 Å². The van der Waals surface area contributed by atoms with Crippen molar-refractivity contribution in [3.63, 3.8) is 0 Å². The fourth-order valence-corrected chi connectivity index (χ4v) is 4.74. The van der Waals surface area contributed by atoms with Gasteiger partial charge in [-0.1, -0.05) is 22.9 Å². The van der Waals surface area contributed by atoms with Crippen LogP contribution in [-0.2, 0) is 0 Å². The Morgan fingerprint density at radius 1 is 1.11 bits per heavy atom. The van der Waals surface area contributed by atoms with Gasteiger partial charge in [-0.05, 0) is 76.3 Å². The zero-order valence-corrected chi connectivity index (χ0v) is 19.0. The van der Waals surface area contributed by atoms with Gasteiger partial charge in [0, 0.05) is 6.54 Å². The SMILES string of the molecule is Cc1cc2nc(N(CCCN(C)C)C(=O)c3ccc(Cl)s3)sc2cc1C.Cl. The fourth-order valence-electron chi connectivity index (χ4n) is 2.67. The Hall–Kier alpha value is -1.18. The minimum Gasteiger partial charge on any atom is -0.309 e. The third-order valence-electron chi connectivity index (χ3n) is 4.24. The zero-order chi connectivity index (χ0) is 18.8. The van der Waals surface area contributed by atoms with Crippen molar-refractivity contribution < 1.29 is 4.79 Å². The first-order valence-corrected chi connectivity index (χ1v) is 10.5. The summed E-state index contributed by atoms with van der Waals surface area (Å²) in [4.78, 5) is 22.4. The Bertz CT molecular complexity index is 897. The van der Waals surface area contributed by atoms with E-state index in [4.69, 9.17) is 16.6 Å². The van der Waals surface area contributed by atoms with Crippen LogP contribution >= 0.6 is 46.7 Å². The van der Waals surface area contributed by atoms with Crippen molar-refractivity contribution in [2.24, 2.45) is 0 Å². The normalized spacial score (nSPS) is 11.0. The molecule has 0 aliphatic rings. The Balaban J connectivity index is 0.00000261. The summed E-state index contributed by atoms with van der Waals surface area (Å²) in [6.07, 6.45) is 0.881. The van der Waals surface area contributed by atoms with Crippen LogP contribution in [0, 0.1) is 13.8 Å². The van der Waals surface area contributed by atoms with Crippen molar-refractivity contribution >= 4 is 67.9 Å². The number of nitrogens with zero attached hydrogens (tertiary/aromatic N) is 3. The number of benzene rings is 1. The summed E-state index contributed by atoms with van der Waals surface area (Å²) in [5.41, 5.74) is 3.40. The van der Waals surface area contributed by atoms with E-state index in [1.165, 1.54) is 22.5 Å². The lowest BCUT2D eigenvalue weighted by Crippen LogP contribution is -2.32. The van der Waals surface area contributed by atoms with E-state index in [9.17, 15) is 4.79 Å². The number of amides is 1. The number of aromatic nitrogens is 1. The van der Waals surface area contributed by atoms with Gasteiger partial charge in [0.15, 0.2) is 5.13 Å². The van der Waals surface area contributed by atoms with Crippen LogP contribution in [0.4, 0.5) is 5.13 Å². The number of anilines is 1. The molecular formula is C19H23Cl2N3OS2. The molecule has 0 saturated carbocycles. The van der Waals surface area contributed by atoms with Crippen molar-refractivity contribution in [1.82, 2.24) is 9.88 Å². The van der Waals surface area contributed by atoms with Crippen LogP contribution in [0.3, 0.4) is 0 Å². The number of hydrogen-bond donors (Lipinski definition) is 0. The molecular weight excluding hydrogens is 421 g/mol. The van der Waals surface area contributed by atoms with Gasteiger partial charge in [0.1, 0.15) is 0 Å². The molecule has 0 fully saturated rings. The van der Waals surface area contributed by atoms with Gasteiger partial charge in [0.25, 0.3) is 5.91 Å². The summed E-state index contributed by atoms with van der Waals surface area (Å²) >= 11 is 8.91. The number of thiophene rings is 1. The number of carbonyl (C=O) groups excluding carboxylic acids is 1. The van der Waals surface area contributed by atoms with Gasteiger partial charge in [0.2, 0.25) is 0 Å². The highest BCUT2D eigenvalue weighted by molar-refractivity contribution is 7.22. The topological polar surface area (TPSA) is 36.4 Å². The van der Waals surface area contributed by atoms with E-state index >= 15 is 0 Å². The standard InChI is InChI=1S/C19H22ClN3OS2.ClH/c1-12-10-14-16(11-13(12)2)26-19(21-14)23(9-5-8-22(3)4)18(24)15-6-7-17(20)25-15;/h6-7,10-11H,5,8-9H2,1-4H3;1H. The van der Waals surface area contributed by atoms with Crippen LogP contribution < -0.4 is 4.90 Å². The monoisotopic (exact) mass is 443 g/mol. The first kappa shape index (κ1) is 22.1. The fraction of sp³-hybridized carbons (Fsp3) is 0.368. The smallest absolute Gasteiger partial charge is 0.270 e. The van der Waals surface area contributed by atoms with Crippen LogP contribution in [0.15, 0.2) is 24.3 Å². The van der Waals surface area contributed by atoms with Gasteiger partial charge in [-0.15, -0.1) is 23.7 Å². The van der Waals surface area contributed by atoms with E-state index in [-0.39, 0.29) is 18.3 Å². The van der Waals surface area contributed by atoms with Crippen LogP contribution in [0.25, 0.3) is 10.2 Å². The Labute approximate surface area is 179 Å². The number of fused-ring (bicyclic) bond motifs is 1. The molecule has 2 aromatic heterocycles. The molecule has 1 aromatic carbocycles. The van der Waals surface area contributed by atoms with E-state index in [2.05, 4.69) is 30.9 Å². The number of thiazole rings is 1. The molecule has 0 aliphatic carbocycles. The molecule has 146 valence electrons. The third kappa shape index (κ3) is 5.21. The molecule has 0 N–H and O–H groups in total. The number of rotatable bonds is 6. The molecule has 0 bridgehead atoms. The Morgan fingerprint density at radius 2 is 1.81 bits per heavy atom. The Kier molecular flexibility index (Phi) is 7.65. The number of carbonyl (C=O) groups is 1. The molecule has 3 aromatic rings.